The first kappa shape index (κ1) is 20.0. The molecule has 0 spiro atoms. The van der Waals surface area contributed by atoms with Crippen LogP contribution in [0.3, 0.4) is 0 Å². The van der Waals surface area contributed by atoms with Crippen LogP contribution in [-0.2, 0) is 11.2 Å². The second kappa shape index (κ2) is 8.33. The van der Waals surface area contributed by atoms with Crippen molar-refractivity contribution < 1.29 is 18.3 Å². The van der Waals surface area contributed by atoms with Gasteiger partial charge in [-0.2, -0.15) is 5.10 Å². The lowest BCUT2D eigenvalue weighted by Crippen LogP contribution is -2.34. The van der Waals surface area contributed by atoms with Crippen molar-refractivity contribution >= 4 is 16.8 Å². The van der Waals surface area contributed by atoms with Gasteiger partial charge >= 0.3 is 0 Å². The summed E-state index contributed by atoms with van der Waals surface area (Å²) in [6.07, 6.45) is 5.27. The molecule has 2 aromatic heterocycles. The van der Waals surface area contributed by atoms with Crippen molar-refractivity contribution in [3.63, 3.8) is 0 Å². The Morgan fingerprint density at radius 1 is 1.16 bits per heavy atom. The van der Waals surface area contributed by atoms with Crippen LogP contribution < -0.4 is 10.1 Å². The van der Waals surface area contributed by atoms with E-state index in [4.69, 9.17) is 4.74 Å². The molecular weight excluding hydrogens is 416 g/mol. The Kier molecular flexibility index (Phi) is 5.22. The predicted molar refractivity (Wildman–Crippen MR) is 112 cm³/mol. The van der Waals surface area contributed by atoms with Gasteiger partial charge in [0.25, 0.3) is 5.91 Å². The van der Waals surface area contributed by atoms with Crippen molar-refractivity contribution in [2.24, 2.45) is 0 Å². The molecule has 0 unspecified atom stereocenters. The molecule has 2 heterocycles. The molecule has 0 saturated heterocycles. The summed E-state index contributed by atoms with van der Waals surface area (Å²) < 4.78 is 34.5. The summed E-state index contributed by atoms with van der Waals surface area (Å²) in [5.41, 5.74) is 2.71. The Labute approximate surface area is 182 Å². The highest BCUT2D eigenvalue weighted by atomic mass is 19.1. The standard InChI is InChI=1S/C23H19F2N5O2/c24-14-8-15(25)10-16(9-14)30-21-7-3-6-20(18(21)11-28-30)29-22(31)12-32-23-17-4-1-2-5-19(17)26-13-27-23/h1-2,4-5,8-11,13,20H,3,6-7,12H2,(H,29,31)/t20-/m0/s1. The number of benzene rings is 2. The third kappa shape index (κ3) is 3.89. The molecule has 1 atom stereocenters. The van der Waals surface area contributed by atoms with Gasteiger partial charge in [-0.3, -0.25) is 4.79 Å². The number of fused-ring (bicyclic) bond motifs is 2. The van der Waals surface area contributed by atoms with Crippen molar-refractivity contribution in [3.8, 4) is 11.6 Å². The fraction of sp³-hybridized carbons (Fsp3) is 0.217. The van der Waals surface area contributed by atoms with Crippen molar-refractivity contribution in [1.29, 1.82) is 0 Å². The van der Waals surface area contributed by atoms with E-state index < -0.39 is 11.6 Å². The largest absolute Gasteiger partial charge is 0.467 e. The monoisotopic (exact) mass is 435 g/mol. The van der Waals surface area contributed by atoms with Gasteiger partial charge in [-0.15, -0.1) is 0 Å². The first-order chi connectivity index (χ1) is 15.6. The minimum atomic E-state index is -0.667. The van der Waals surface area contributed by atoms with Crippen LogP contribution in [0.15, 0.2) is 55.0 Å². The van der Waals surface area contributed by atoms with Gasteiger partial charge in [0.15, 0.2) is 6.61 Å². The number of halogens is 2. The molecule has 4 aromatic rings. The van der Waals surface area contributed by atoms with E-state index in [1.165, 1.54) is 23.1 Å². The average molecular weight is 435 g/mol. The number of carbonyl (C=O) groups excluding carboxylic acids is 1. The summed E-state index contributed by atoms with van der Waals surface area (Å²) in [5.74, 6) is -1.29. The highest BCUT2D eigenvalue weighted by Crippen LogP contribution is 2.31. The number of ether oxygens (including phenoxy) is 1. The van der Waals surface area contributed by atoms with Crippen LogP contribution in [0, 0.1) is 11.6 Å². The van der Waals surface area contributed by atoms with Crippen LogP contribution in [0.4, 0.5) is 8.78 Å². The van der Waals surface area contributed by atoms with Gasteiger partial charge in [-0.25, -0.2) is 23.4 Å². The molecule has 162 valence electrons. The SMILES string of the molecule is O=C(COc1ncnc2ccccc12)N[C@H]1CCCc2c1cnn2-c1cc(F)cc(F)c1. The summed E-state index contributed by atoms with van der Waals surface area (Å²) in [7, 11) is 0. The van der Waals surface area contributed by atoms with E-state index in [0.29, 0.717) is 18.0 Å². The second-order valence-corrected chi connectivity index (χ2v) is 7.58. The highest BCUT2D eigenvalue weighted by molar-refractivity contribution is 5.84. The number of amides is 1. The molecule has 0 bridgehead atoms. The Bertz CT molecular complexity index is 1280. The molecule has 1 aliphatic rings. The van der Waals surface area contributed by atoms with Crippen molar-refractivity contribution in [2.45, 2.75) is 25.3 Å². The van der Waals surface area contributed by atoms with Crippen LogP contribution in [0.5, 0.6) is 5.88 Å². The zero-order valence-corrected chi connectivity index (χ0v) is 17.0. The Balaban J connectivity index is 1.31. The molecule has 32 heavy (non-hydrogen) atoms. The average Bonchev–Trinajstić information content (AvgIpc) is 3.22. The maximum atomic E-state index is 13.7. The molecule has 0 aliphatic heterocycles. The first-order valence-electron chi connectivity index (χ1n) is 10.2. The van der Waals surface area contributed by atoms with E-state index in [1.54, 1.807) is 6.20 Å². The number of rotatable bonds is 5. The minimum absolute atomic E-state index is 0.198. The summed E-state index contributed by atoms with van der Waals surface area (Å²) in [5, 5.41) is 8.02. The van der Waals surface area contributed by atoms with E-state index in [9.17, 15) is 13.6 Å². The van der Waals surface area contributed by atoms with Crippen molar-refractivity contribution in [2.75, 3.05) is 6.61 Å². The number of nitrogens with one attached hydrogen (secondary N) is 1. The molecule has 0 saturated carbocycles. The lowest BCUT2D eigenvalue weighted by atomic mass is 9.93. The Morgan fingerprint density at radius 3 is 2.81 bits per heavy atom. The van der Waals surface area contributed by atoms with Crippen molar-refractivity contribution in [1.82, 2.24) is 25.1 Å². The normalized spacial score (nSPS) is 15.4. The predicted octanol–water partition coefficient (Wildman–Crippen LogP) is 3.67. The maximum absolute atomic E-state index is 13.7. The van der Waals surface area contributed by atoms with E-state index in [-0.39, 0.29) is 18.6 Å². The summed E-state index contributed by atoms with van der Waals surface area (Å²) in [4.78, 5) is 20.9. The first-order valence-corrected chi connectivity index (χ1v) is 10.2. The molecule has 1 aliphatic carbocycles. The molecule has 7 nitrogen and oxygen atoms in total. The molecule has 5 rings (SSSR count). The summed E-state index contributed by atoms with van der Waals surface area (Å²) >= 11 is 0. The Hall–Kier alpha value is -3.88. The molecule has 0 fully saturated rings. The number of hydrogen-bond donors (Lipinski definition) is 1. The Morgan fingerprint density at radius 2 is 1.97 bits per heavy atom. The second-order valence-electron chi connectivity index (χ2n) is 7.58. The van der Waals surface area contributed by atoms with Gasteiger partial charge in [0.05, 0.1) is 28.8 Å². The van der Waals surface area contributed by atoms with Crippen LogP contribution >= 0.6 is 0 Å². The van der Waals surface area contributed by atoms with E-state index >= 15 is 0 Å². The fourth-order valence-electron chi connectivity index (χ4n) is 4.06. The zero-order chi connectivity index (χ0) is 22.1. The van der Waals surface area contributed by atoms with Gasteiger partial charge in [0.2, 0.25) is 5.88 Å². The maximum Gasteiger partial charge on any atom is 0.258 e. The summed E-state index contributed by atoms with van der Waals surface area (Å²) in [6, 6.07) is 10.4. The van der Waals surface area contributed by atoms with Crippen LogP contribution in [-0.4, -0.2) is 32.3 Å². The number of nitrogens with zero attached hydrogens (tertiary/aromatic N) is 4. The molecule has 2 aromatic carbocycles. The van der Waals surface area contributed by atoms with E-state index in [1.807, 2.05) is 24.3 Å². The van der Waals surface area contributed by atoms with Crippen LogP contribution in [0.2, 0.25) is 0 Å². The molecule has 0 radical (unpaired) electrons. The molecule has 9 heteroatoms. The fourth-order valence-corrected chi connectivity index (χ4v) is 4.06. The number of aromatic nitrogens is 4. The molecular formula is C23H19F2N5O2. The van der Waals surface area contributed by atoms with Crippen LogP contribution in [0.25, 0.3) is 16.6 Å². The topological polar surface area (TPSA) is 81.9 Å². The third-order valence-electron chi connectivity index (χ3n) is 5.46. The summed E-state index contributed by atoms with van der Waals surface area (Å²) in [6.45, 7) is -0.198. The quantitative estimate of drug-likeness (QED) is 0.517. The van der Waals surface area contributed by atoms with Crippen LogP contribution in [0.1, 0.15) is 30.1 Å². The van der Waals surface area contributed by atoms with Gasteiger partial charge in [0.1, 0.15) is 18.0 Å². The smallest absolute Gasteiger partial charge is 0.258 e. The van der Waals surface area contributed by atoms with Gasteiger partial charge in [-0.05, 0) is 43.5 Å². The van der Waals surface area contributed by atoms with Gasteiger partial charge in [-0.1, -0.05) is 12.1 Å². The number of hydrogen-bond acceptors (Lipinski definition) is 5. The minimum Gasteiger partial charge on any atom is -0.467 e. The lowest BCUT2D eigenvalue weighted by molar-refractivity contribution is -0.124. The molecule has 1 amide bonds. The third-order valence-corrected chi connectivity index (χ3v) is 5.46. The zero-order valence-electron chi connectivity index (χ0n) is 17.0. The van der Waals surface area contributed by atoms with Gasteiger partial charge < -0.3 is 10.1 Å². The lowest BCUT2D eigenvalue weighted by Gasteiger charge is -2.24. The van der Waals surface area contributed by atoms with Crippen molar-refractivity contribution in [3.05, 3.63) is 77.9 Å². The molecule has 1 N–H and O–H groups in total. The van der Waals surface area contributed by atoms with E-state index in [2.05, 4.69) is 20.4 Å². The van der Waals surface area contributed by atoms with Gasteiger partial charge in [0, 0.05) is 17.3 Å². The van der Waals surface area contributed by atoms with E-state index in [0.717, 1.165) is 41.1 Å². The highest BCUT2D eigenvalue weighted by Gasteiger charge is 2.26. The number of carbonyl (C=O) groups is 1. The number of para-hydroxylation sites is 1.